The van der Waals surface area contributed by atoms with Gasteiger partial charge in [0, 0.05) is 11.6 Å². The Morgan fingerprint density at radius 2 is 2.00 bits per heavy atom. The van der Waals surface area contributed by atoms with Gasteiger partial charge in [0.1, 0.15) is 11.9 Å². The Labute approximate surface area is 128 Å². The zero-order chi connectivity index (χ0) is 15.1. The molecular formula is C18H29NO2. The van der Waals surface area contributed by atoms with Crippen LogP contribution in [-0.2, 0) is 0 Å². The average molecular weight is 291 g/mol. The van der Waals surface area contributed by atoms with Crippen molar-refractivity contribution in [3.8, 4) is 5.75 Å². The first kappa shape index (κ1) is 16.3. The van der Waals surface area contributed by atoms with Crippen LogP contribution < -0.4 is 10.1 Å². The first-order valence-corrected chi connectivity index (χ1v) is 8.43. The summed E-state index contributed by atoms with van der Waals surface area (Å²) in [6, 6.07) is 8.58. The summed E-state index contributed by atoms with van der Waals surface area (Å²) >= 11 is 0. The highest BCUT2D eigenvalue weighted by Gasteiger charge is 2.26. The zero-order valence-corrected chi connectivity index (χ0v) is 13.3. The van der Waals surface area contributed by atoms with Crippen LogP contribution in [0.4, 0.5) is 0 Å². The van der Waals surface area contributed by atoms with Gasteiger partial charge in [0.2, 0.25) is 0 Å². The SMILES string of the molecule is CCCNC(CC)c1ccccc1OC1CCCCC1O. The van der Waals surface area contributed by atoms with Crippen LogP contribution in [0.1, 0.15) is 64.0 Å². The van der Waals surface area contributed by atoms with E-state index in [1.54, 1.807) is 0 Å². The predicted octanol–water partition coefficient (Wildman–Crippen LogP) is 3.82. The van der Waals surface area contributed by atoms with Gasteiger partial charge in [-0.1, -0.05) is 38.5 Å². The van der Waals surface area contributed by atoms with E-state index in [1.807, 2.05) is 12.1 Å². The molecule has 0 bridgehead atoms. The molecule has 3 heteroatoms. The smallest absolute Gasteiger partial charge is 0.124 e. The largest absolute Gasteiger partial charge is 0.487 e. The zero-order valence-electron chi connectivity index (χ0n) is 13.3. The van der Waals surface area contributed by atoms with Gasteiger partial charge in [-0.25, -0.2) is 0 Å². The van der Waals surface area contributed by atoms with Gasteiger partial charge in [-0.05, 0) is 44.7 Å². The number of para-hydroxylation sites is 1. The minimum absolute atomic E-state index is 0.0522. The minimum atomic E-state index is -0.324. The second-order valence-electron chi connectivity index (χ2n) is 5.96. The van der Waals surface area contributed by atoms with Gasteiger partial charge in [0.25, 0.3) is 0 Å². The van der Waals surface area contributed by atoms with Gasteiger partial charge in [-0.2, -0.15) is 0 Å². The molecule has 1 fully saturated rings. The molecule has 2 N–H and O–H groups in total. The molecule has 0 aliphatic heterocycles. The summed E-state index contributed by atoms with van der Waals surface area (Å²) in [6.07, 6.45) is 5.86. The second kappa shape index (κ2) is 8.40. The van der Waals surface area contributed by atoms with E-state index in [2.05, 4.69) is 31.3 Å². The summed E-state index contributed by atoms with van der Waals surface area (Å²) < 4.78 is 6.17. The number of hydrogen-bond acceptors (Lipinski definition) is 3. The van der Waals surface area contributed by atoms with Gasteiger partial charge in [0.15, 0.2) is 0 Å². The number of benzene rings is 1. The summed E-state index contributed by atoms with van der Waals surface area (Å²) in [5.74, 6) is 0.930. The number of rotatable bonds is 7. The molecular weight excluding hydrogens is 262 g/mol. The Hall–Kier alpha value is -1.06. The molecule has 1 saturated carbocycles. The second-order valence-corrected chi connectivity index (χ2v) is 5.96. The lowest BCUT2D eigenvalue weighted by Crippen LogP contribution is -2.35. The Balaban J connectivity index is 2.11. The lowest BCUT2D eigenvalue weighted by atomic mass is 9.94. The van der Waals surface area contributed by atoms with Crippen molar-refractivity contribution in [3.63, 3.8) is 0 Å². The van der Waals surface area contributed by atoms with Gasteiger partial charge in [-0.15, -0.1) is 0 Å². The van der Waals surface area contributed by atoms with E-state index in [1.165, 1.54) is 5.56 Å². The third-order valence-electron chi connectivity index (χ3n) is 4.29. The lowest BCUT2D eigenvalue weighted by molar-refractivity contribution is 0.00613. The number of ether oxygens (including phenoxy) is 1. The highest BCUT2D eigenvalue weighted by molar-refractivity contribution is 5.36. The molecule has 0 radical (unpaired) electrons. The van der Waals surface area contributed by atoms with Gasteiger partial charge >= 0.3 is 0 Å². The molecule has 0 heterocycles. The molecule has 0 saturated heterocycles. The minimum Gasteiger partial charge on any atom is -0.487 e. The molecule has 21 heavy (non-hydrogen) atoms. The van der Waals surface area contributed by atoms with Crippen LogP contribution in [0.5, 0.6) is 5.75 Å². The third kappa shape index (κ3) is 4.45. The molecule has 1 aliphatic carbocycles. The van der Waals surface area contributed by atoms with Gasteiger partial charge in [-0.3, -0.25) is 0 Å². The van der Waals surface area contributed by atoms with Crippen LogP contribution in [0.3, 0.4) is 0 Å². The molecule has 3 unspecified atom stereocenters. The fourth-order valence-corrected chi connectivity index (χ4v) is 3.05. The van der Waals surface area contributed by atoms with Crippen molar-refractivity contribution in [1.82, 2.24) is 5.32 Å². The standard InChI is InChI=1S/C18H29NO2/c1-3-13-19-15(4-2)14-9-5-7-11-17(14)21-18-12-8-6-10-16(18)20/h5,7,9,11,15-16,18-20H,3-4,6,8,10,12-13H2,1-2H3. The van der Waals surface area contributed by atoms with Crippen molar-refractivity contribution >= 4 is 0 Å². The molecule has 3 nitrogen and oxygen atoms in total. The van der Waals surface area contributed by atoms with Crippen molar-refractivity contribution in [2.75, 3.05) is 6.54 Å². The lowest BCUT2D eigenvalue weighted by Gasteiger charge is -2.30. The third-order valence-corrected chi connectivity index (χ3v) is 4.29. The highest BCUT2D eigenvalue weighted by atomic mass is 16.5. The summed E-state index contributed by atoms with van der Waals surface area (Å²) in [4.78, 5) is 0. The number of nitrogens with one attached hydrogen (secondary N) is 1. The molecule has 3 atom stereocenters. The normalized spacial score (nSPS) is 23.8. The van der Waals surface area contributed by atoms with E-state index >= 15 is 0 Å². The van der Waals surface area contributed by atoms with Crippen LogP contribution in [0.25, 0.3) is 0 Å². The molecule has 2 rings (SSSR count). The van der Waals surface area contributed by atoms with E-state index in [0.29, 0.717) is 6.04 Å². The summed E-state index contributed by atoms with van der Waals surface area (Å²) in [5, 5.41) is 13.7. The Bertz CT molecular complexity index is 421. The molecule has 0 amide bonds. The van der Waals surface area contributed by atoms with Gasteiger partial charge in [0.05, 0.1) is 6.10 Å². The fraction of sp³-hybridized carbons (Fsp3) is 0.667. The molecule has 118 valence electrons. The van der Waals surface area contributed by atoms with Crippen molar-refractivity contribution < 1.29 is 9.84 Å². The van der Waals surface area contributed by atoms with E-state index < -0.39 is 0 Å². The van der Waals surface area contributed by atoms with E-state index in [-0.39, 0.29) is 12.2 Å². The summed E-state index contributed by atoms with van der Waals surface area (Å²) in [7, 11) is 0. The summed E-state index contributed by atoms with van der Waals surface area (Å²) in [5.41, 5.74) is 1.21. The van der Waals surface area contributed by atoms with Gasteiger partial charge < -0.3 is 15.2 Å². The molecule has 0 spiro atoms. The van der Waals surface area contributed by atoms with E-state index in [9.17, 15) is 5.11 Å². The van der Waals surface area contributed by atoms with Crippen LogP contribution in [0.2, 0.25) is 0 Å². The Morgan fingerprint density at radius 3 is 2.71 bits per heavy atom. The van der Waals surface area contributed by atoms with Crippen LogP contribution in [0.15, 0.2) is 24.3 Å². The maximum Gasteiger partial charge on any atom is 0.124 e. The van der Waals surface area contributed by atoms with Crippen LogP contribution in [-0.4, -0.2) is 23.9 Å². The maximum absolute atomic E-state index is 10.1. The predicted molar refractivity (Wildman–Crippen MR) is 86.7 cm³/mol. The van der Waals surface area contributed by atoms with Crippen molar-refractivity contribution in [3.05, 3.63) is 29.8 Å². The van der Waals surface area contributed by atoms with E-state index in [0.717, 1.165) is 50.8 Å². The topological polar surface area (TPSA) is 41.5 Å². The Kier molecular flexibility index (Phi) is 6.52. The van der Waals surface area contributed by atoms with Crippen molar-refractivity contribution in [2.24, 2.45) is 0 Å². The molecule has 1 aromatic carbocycles. The van der Waals surface area contributed by atoms with E-state index in [4.69, 9.17) is 4.74 Å². The van der Waals surface area contributed by atoms with Crippen molar-refractivity contribution in [1.29, 1.82) is 0 Å². The quantitative estimate of drug-likeness (QED) is 0.802. The first-order chi connectivity index (χ1) is 10.3. The number of aliphatic hydroxyl groups excluding tert-OH is 1. The molecule has 1 aromatic rings. The monoisotopic (exact) mass is 291 g/mol. The Morgan fingerprint density at radius 1 is 1.24 bits per heavy atom. The fourth-order valence-electron chi connectivity index (χ4n) is 3.05. The maximum atomic E-state index is 10.1. The average Bonchev–Trinajstić information content (AvgIpc) is 2.52. The molecule has 0 aromatic heterocycles. The highest BCUT2D eigenvalue weighted by Crippen LogP contribution is 2.31. The number of hydrogen-bond donors (Lipinski definition) is 2. The van der Waals surface area contributed by atoms with Crippen LogP contribution >= 0.6 is 0 Å². The number of aliphatic hydroxyl groups is 1. The first-order valence-electron chi connectivity index (χ1n) is 8.43. The summed E-state index contributed by atoms with van der Waals surface area (Å²) in [6.45, 7) is 5.39. The van der Waals surface area contributed by atoms with Crippen molar-refractivity contribution in [2.45, 2.75) is 70.6 Å². The van der Waals surface area contributed by atoms with Crippen LogP contribution in [0, 0.1) is 0 Å². The molecule has 1 aliphatic rings.